The number of rotatable bonds is 8. The summed E-state index contributed by atoms with van der Waals surface area (Å²) in [5.41, 5.74) is 0.690. The molecule has 2 heterocycles. The molecule has 0 radical (unpaired) electrons. The second kappa shape index (κ2) is 9.12. The molecular formula is C17H22BrN5O3Si. The largest absolute Gasteiger partial charge is 0.465 e. The summed E-state index contributed by atoms with van der Waals surface area (Å²) in [5.74, 6) is 0.473. The second-order valence-electron chi connectivity index (χ2n) is 7.02. The summed E-state index contributed by atoms with van der Waals surface area (Å²) in [6.07, 6.45) is 1.40. The summed E-state index contributed by atoms with van der Waals surface area (Å²) >= 11 is 3.30. The van der Waals surface area contributed by atoms with Gasteiger partial charge in [0, 0.05) is 20.9 Å². The van der Waals surface area contributed by atoms with E-state index >= 15 is 0 Å². The Bertz CT molecular complexity index is 840. The molecule has 2 aromatic rings. The molecule has 0 atom stereocenters. The van der Waals surface area contributed by atoms with Crippen molar-refractivity contribution in [2.75, 3.05) is 19.0 Å². The van der Waals surface area contributed by atoms with Crippen molar-refractivity contribution in [1.29, 1.82) is 5.26 Å². The molecule has 27 heavy (non-hydrogen) atoms. The van der Waals surface area contributed by atoms with Crippen molar-refractivity contribution >= 4 is 41.6 Å². The van der Waals surface area contributed by atoms with Crippen molar-refractivity contribution in [3.05, 3.63) is 34.1 Å². The highest BCUT2D eigenvalue weighted by molar-refractivity contribution is 9.10. The molecule has 0 bridgehead atoms. The molecule has 1 N–H and O–H groups in total. The van der Waals surface area contributed by atoms with Gasteiger partial charge >= 0.3 is 5.97 Å². The van der Waals surface area contributed by atoms with Gasteiger partial charge in [-0.3, -0.25) is 0 Å². The predicted octanol–water partition coefficient (Wildman–Crippen LogP) is 3.75. The Morgan fingerprint density at radius 2 is 2.15 bits per heavy atom. The molecule has 0 spiro atoms. The smallest absolute Gasteiger partial charge is 0.339 e. The normalized spacial score (nSPS) is 11.1. The lowest BCUT2D eigenvalue weighted by Gasteiger charge is -2.16. The molecule has 0 aromatic carbocycles. The van der Waals surface area contributed by atoms with Crippen molar-refractivity contribution in [3.8, 4) is 6.07 Å². The molecule has 2 rings (SSSR count). The third-order valence-corrected chi connectivity index (χ3v) is 5.92. The number of halogens is 1. The lowest BCUT2D eigenvalue weighted by molar-refractivity contribution is 0.0600. The van der Waals surface area contributed by atoms with E-state index in [1.165, 1.54) is 13.3 Å². The van der Waals surface area contributed by atoms with E-state index in [4.69, 9.17) is 4.74 Å². The Balaban J connectivity index is 2.15. The molecule has 0 saturated carbocycles. The second-order valence-corrected chi connectivity index (χ2v) is 13.4. The number of methoxy groups -OCH3 is 1. The quantitative estimate of drug-likeness (QED) is 0.370. The van der Waals surface area contributed by atoms with Crippen molar-refractivity contribution in [2.24, 2.45) is 0 Å². The number of carbonyl (C=O) groups is 1. The Morgan fingerprint density at radius 3 is 2.70 bits per heavy atom. The number of anilines is 2. The van der Waals surface area contributed by atoms with Crippen LogP contribution in [0.4, 0.5) is 11.6 Å². The van der Waals surface area contributed by atoms with Gasteiger partial charge in [-0.2, -0.15) is 10.4 Å². The van der Waals surface area contributed by atoms with E-state index in [2.05, 4.69) is 61.8 Å². The summed E-state index contributed by atoms with van der Waals surface area (Å²) in [6.45, 7) is 7.70. The minimum absolute atomic E-state index is 0.216. The fraction of sp³-hybridized carbons (Fsp3) is 0.412. The standard InChI is InChI=1S/C17H22BrN5O3Si/c1-25-17(24)12-5-6-14(20-10-12)21-16-13(9-19)15(18)22-23(16)11-26-7-8-27(2,3)4/h5-6,10H,7-8,11H2,1-4H3,(H,20,21). The highest BCUT2D eigenvalue weighted by atomic mass is 79.9. The van der Waals surface area contributed by atoms with E-state index in [9.17, 15) is 10.1 Å². The van der Waals surface area contributed by atoms with Gasteiger partial charge in [0.15, 0.2) is 5.82 Å². The van der Waals surface area contributed by atoms with Crippen LogP contribution in [0.1, 0.15) is 15.9 Å². The van der Waals surface area contributed by atoms with Gasteiger partial charge in [0.1, 0.15) is 28.8 Å². The molecule has 0 unspecified atom stereocenters. The number of nitriles is 1. The average Bonchev–Trinajstić information content (AvgIpc) is 2.92. The number of aromatic nitrogens is 3. The van der Waals surface area contributed by atoms with Crippen molar-refractivity contribution in [3.63, 3.8) is 0 Å². The van der Waals surface area contributed by atoms with Gasteiger partial charge in [0.2, 0.25) is 0 Å². The van der Waals surface area contributed by atoms with Crippen molar-refractivity contribution in [1.82, 2.24) is 14.8 Å². The molecule has 8 nitrogen and oxygen atoms in total. The third kappa shape index (κ3) is 5.88. The number of esters is 1. The Labute approximate surface area is 167 Å². The van der Waals surface area contributed by atoms with E-state index in [-0.39, 0.29) is 6.73 Å². The molecule has 0 amide bonds. The molecule has 2 aromatic heterocycles. The zero-order valence-corrected chi connectivity index (χ0v) is 18.3. The minimum Gasteiger partial charge on any atom is -0.465 e. The average molecular weight is 452 g/mol. The van der Waals surface area contributed by atoms with E-state index in [0.29, 0.717) is 34.0 Å². The lowest BCUT2D eigenvalue weighted by atomic mass is 10.3. The van der Waals surface area contributed by atoms with Crippen LogP contribution in [-0.2, 0) is 16.2 Å². The summed E-state index contributed by atoms with van der Waals surface area (Å²) in [5, 5.41) is 16.8. The molecule has 0 aliphatic heterocycles. The van der Waals surface area contributed by atoms with Crippen LogP contribution in [0.5, 0.6) is 0 Å². The molecule has 0 aliphatic carbocycles. The van der Waals surface area contributed by atoms with E-state index in [1.54, 1.807) is 16.8 Å². The van der Waals surface area contributed by atoms with Gasteiger partial charge in [-0.1, -0.05) is 19.6 Å². The van der Waals surface area contributed by atoms with Gasteiger partial charge in [-0.15, -0.1) is 0 Å². The minimum atomic E-state index is -1.18. The predicted molar refractivity (Wildman–Crippen MR) is 108 cm³/mol. The van der Waals surface area contributed by atoms with Gasteiger partial charge in [0.25, 0.3) is 0 Å². The summed E-state index contributed by atoms with van der Waals surface area (Å²) in [4.78, 5) is 15.7. The van der Waals surface area contributed by atoms with Crippen LogP contribution in [0.2, 0.25) is 25.7 Å². The van der Waals surface area contributed by atoms with Crippen molar-refractivity contribution in [2.45, 2.75) is 32.4 Å². The maximum absolute atomic E-state index is 11.5. The first kappa shape index (κ1) is 21.1. The van der Waals surface area contributed by atoms with Gasteiger partial charge in [0.05, 0.1) is 12.7 Å². The van der Waals surface area contributed by atoms with Crippen LogP contribution in [0, 0.1) is 11.3 Å². The van der Waals surface area contributed by atoms with Gasteiger partial charge in [-0.05, 0) is 34.1 Å². The Morgan fingerprint density at radius 1 is 1.41 bits per heavy atom. The van der Waals surface area contributed by atoms with Crippen LogP contribution in [0.25, 0.3) is 0 Å². The zero-order valence-electron chi connectivity index (χ0n) is 15.7. The maximum atomic E-state index is 11.5. The fourth-order valence-corrected chi connectivity index (χ4v) is 3.33. The number of nitrogens with one attached hydrogen (secondary N) is 1. The molecular weight excluding hydrogens is 430 g/mol. The summed E-state index contributed by atoms with van der Waals surface area (Å²) in [7, 11) is 0.131. The number of hydrogen-bond donors (Lipinski definition) is 1. The van der Waals surface area contributed by atoms with E-state index in [0.717, 1.165) is 6.04 Å². The van der Waals surface area contributed by atoms with E-state index in [1.807, 2.05) is 0 Å². The highest BCUT2D eigenvalue weighted by Gasteiger charge is 2.18. The first-order valence-corrected chi connectivity index (χ1v) is 12.8. The van der Waals surface area contributed by atoms with E-state index < -0.39 is 14.0 Å². The number of carbonyl (C=O) groups excluding carboxylic acids is 1. The van der Waals surface area contributed by atoms with Crippen LogP contribution in [-0.4, -0.2) is 42.5 Å². The first-order valence-electron chi connectivity index (χ1n) is 8.30. The number of hydrogen-bond acceptors (Lipinski definition) is 7. The Hall–Kier alpha value is -2.22. The first-order chi connectivity index (χ1) is 12.7. The third-order valence-electron chi connectivity index (χ3n) is 3.66. The van der Waals surface area contributed by atoms with Gasteiger partial charge < -0.3 is 14.8 Å². The topological polar surface area (TPSA) is 102 Å². The summed E-state index contributed by atoms with van der Waals surface area (Å²) in [6, 6.07) is 6.38. The SMILES string of the molecule is COC(=O)c1ccc(Nc2c(C#N)c(Br)nn2COCC[Si](C)(C)C)nc1. The number of ether oxygens (including phenoxy) is 2. The lowest BCUT2D eigenvalue weighted by Crippen LogP contribution is -2.22. The molecule has 0 saturated heterocycles. The number of nitrogens with zero attached hydrogens (tertiary/aromatic N) is 4. The van der Waals surface area contributed by atoms with Crippen LogP contribution in [0.15, 0.2) is 22.9 Å². The zero-order chi connectivity index (χ0) is 20.0. The number of pyridine rings is 1. The highest BCUT2D eigenvalue weighted by Crippen LogP contribution is 2.26. The van der Waals surface area contributed by atoms with Gasteiger partial charge in [-0.25, -0.2) is 14.5 Å². The fourth-order valence-electron chi connectivity index (χ4n) is 2.11. The summed E-state index contributed by atoms with van der Waals surface area (Å²) < 4.78 is 12.4. The van der Waals surface area contributed by atoms with Crippen LogP contribution < -0.4 is 5.32 Å². The maximum Gasteiger partial charge on any atom is 0.339 e. The molecule has 10 heteroatoms. The molecule has 0 aliphatic rings. The van der Waals surface area contributed by atoms with Crippen molar-refractivity contribution < 1.29 is 14.3 Å². The monoisotopic (exact) mass is 451 g/mol. The molecule has 0 fully saturated rings. The van der Waals surface area contributed by atoms with Crippen LogP contribution >= 0.6 is 15.9 Å². The Kier molecular flexibility index (Phi) is 7.12. The molecule has 144 valence electrons. The van der Waals surface area contributed by atoms with Crippen LogP contribution in [0.3, 0.4) is 0 Å².